The molecule has 0 aliphatic carbocycles. The van der Waals surface area contributed by atoms with Gasteiger partial charge in [-0.15, -0.1) is 0 Å². The molecule has 1 aliphatic rings. The number of sulfone groups is 1. The van der Waals surface area contributed by atoms with Gasteiger partial charge in [0, 0.05) is 24.6 Å². The van der Waals surface area contributed by atoms with E-state index >= 15 is 0 Å². The number of ether oxygens (including phenoxy) is 1. The van der Waals surface area contributed by atoms with Crippen molar-refractivity contribution < 1.29 is 27.5 Å². The van der Waals surface area contributed by atoms with Crippen LogP contribution in [0.3, 0.4) is 0 Å². The normalized spacial score (nSPS) is 13.4. The second-order valence-electron chi connectivity index (χ2n) is 6.74. The lowest BCUT2D eigenvalue weighted by atomic mass is 10.1. The molecule has 0 bridgehead atoms. The smallest absolute Gasteiger partial charge is 0.338 e. The standard InChI is InChI=1S/C20H19NO6S/c1-21-17-8-7-15(9-16(17)10-19(21)23)18(22)11-27-20(24)14-5-3-13(4-6-14)12-28(2,25)26/h3-9H,10-12H2,1-2H3. The van der Waals surface area contributed by atoms with Crippen molar-refractivity contribution in [2.75, 3.05) is 24.8 Å². The zero-order valence-corrected chi connectivity index (χ0v) is 16.3. The van der Waals surface area contributed by atoms with Crippen molar-refractivity contribution >= 4 is 33.2 Å². The molecule has 0 saturated heterocycles. The Labute approximate surface area is 162 Å². The number of carbonyl (C=O) groups excluding carboxylic acids is 3. The molecule has 2 aromatic rings. The lowest BCUT2D eigenvalue weighted by Gasteiger charge is -2.10. The van der Waals surface area contributed by atoms with Crippen molar-refractivity contribution in [1.82, 2.24) is 0 Å². The van der Waals surface area contributed by atoms with E-state index in [0.717, 1.165) is 17.5 Å². The molecule has 146 valence electrons. The Kier molecular flexibility index (Phi) is 5.33. The third kappa shape index (κ3) is 4.45. The van der Waals surface area contributed by atoms with Gasteiger partial charge in [-0.25, -0.2) is 13.2 Å². The number of benzene rings is 2. The first-order valence-electron chi connectivity index (χ1n) is 8.50. The summed E-state index contributed by atoms with van der Waals surface area (Å²) in [7, 11) is -1.48. The van der Waals surface area contributed by atoms with Gasteiger partial charge in [0.25, 0.3) is 0 Å². The summed E-state index contributed by atoms with van der Waals surface area (Å²) < 4.78 is 27.6. The van der Waals surface area contributed by atoms with Crippen LogP contribution in [-0.4, -0.2) is 46.0 Å². The minimum Gasteiger partial charge on any atom is -0.454 e. The molecule has 0 atom stereocenters. The number of nitrogens with zero attached hydrogens (tertiary/aromatic N) is 1. The van der Waals surface area contributed by atoms with Gasteiger partial charge in [-0.1, -0.05) is 12.1 Å². The van der Waals surface area contributed by atoms with Gasteiger partial charge in [-0.05, 0) is 41.5 Å². The molecule has 0 aromatic heterocycles. The number of rotatable bonds is 6. The highest BCUT2D eigenvalue weighted by molar-refractivity contribution is 7.89. The van der Waals surface area contributed by atoms with Gasteiger partial charge in [-0.2, -0.15) is 0 Å². The van der Waals surface area contributed by atoms with Crippen molar-refractivity contribution in [2.24, 2.45) is 0 Å². The van der Waals surface area contributed by atoms with Gasteiger partial charge in [0.05, 0.1) is 17.7 Å². The molecule has 7 nitrogen and oxygen atoms in total. The zero-order valence-electron chi connectivity index (χ0n) is 15.5. The topological polar surface area (TPSA) is 97.8 Å². The minimum absolute atomic E-state index is 0.0367. The summed E-state index contributed by atoms with van der Waals surface area (Å²) in [5.41, 5.74) is 2.70. The molecular formula is C20H19NO6S. The van der Waals surface area contributed by atoms with E-state index in [1.54, 1.807) is 25.2 Å². The summed E-state index contributed by atoms with van der Waals surface area (Å²) in [5, 5.41) is 0. The molecule has 0 radical (unpaired) electrons. The SMILES string of the molecule is CN1C(=O)Cc2cc(C(=O)COC(=O)c3ccc(CS(C)(=O)=O)cc3)ccc21. The Morgan fingerprint density at radius 1 is 1.07 bits per heavy atom. The van der Waals surface area contributed by atoms with Gasteiger partial charge in [0.15, 0.2) is 22.2 Å². The van der Waals surface area contributed by atoms with Gasteiger partial charge < -0.3 is 9.64 Å². The third-order valence-corrected chi connectivity index (χ3v) is 5.29. The molecule has 0 saturated carbocycles. The molecule has 0 N–H and O–H groups in total. The average molecular weight is 401 g/mol. The molecule has 0 fully saturated rings. The van der Waals surface area contributed by atoms with Crippen LogP contribution in [0, 0.1) is 0 Å². The predicted octanol–water partition coefficient (Wildman–Crippen LogP) is 1.79. The van der Waals surface area contributed by atoms with Crippen LogP contribution in [0.2, 0.25) is 0 Å². The average Bonchev–Trinajstić information content (AvgIpc) is 2.92. The number of Topliss-reactive ketones (excluding diaryl/α,β-unsaturated/α-hetero) is 1. The highest BCUT2D eigenvalue weighted by atomic mass is 32.2. The second kappa shape index (κ2) is 7.55. The number of ketones is 1. The highest BCUT2D eigenvalue weighted by Crippen LogP contribution is 2.28. The summed E-state index contributed by atoms with van der Waals surface area (Å²) in [6.45, 7) is -0.424. The van der Waals surface area contributed by atoms with E-state index in [0.29, 0.717) is 11.1 Å². The van der Waals surface area contributed by atoms with Crippen molar-refractivity contribution in [3.8, 4) is 0 Å². The first-order valence-corrected chi connectivity index (χ1v) is 10.6. The fourth-order valence-electron chi connectivity index (χ4n) is 2.98. The van der Waals surface area contributed by atoms with Crippen LogP contribution in [-0.2, 0) is 31.5 Å². The first-order chi connectivity index (χ1) is 13.1. The van der Waals surface area contributed by atoms with Gasteiger partial charge in [0.1, 0.15) is 0 Å². The molecule has 2 aromatic carbocycles. The number of anilines is 1. The van der Waals surface area contributed by atoms with Gasteiger partial charge in [0.2, 0.25) is 5.91 Å². The van der Waals surface area contributed by atoms with Crippen LogP contribution in [0.5, 0.6) is 0 Å². The number of hydrogen-bond acceptors (Lipinski definition) is 6. The molecular weight excluding hydrogens is 382 g/mol. The Morgan fingerprint density at radius 3 is 2.36 bits per heavy atom. The van der Waals surface area contributed by atoms with E-state index in [1.807, 2.05) is 0 Å². The van der Waals surface area contributed by atoms with E-state index < -0.39 is 22.4 Å². The zero-order chi connectivity index (χ0) is 20.5. The summed E-state index contributed by atoms with van der Waals surface area (Å²) in [6.07, 6.45) is 1.38. The first kappa shape index (κ1) is 19.8. The molecule has 0 spiro atoms. The number of amides is 1. The van der Waals surface area contributed by atoms with E-state index in [-0.39, 0.29) is 29.4 Å². The Bertz CT molecular complexity index is 1060. The molecule has 0 unspecified atom stereocenters. The van der Waals surface area contributed by atoms with Crippen molar-refractivity contribution in [1.29, 1.82) is 0 Å². The third-order valence-electron chi connectivity index (χ3n) is 4.43. The molecule has 1 amide bonds. The van der Waals surface area contributed by atoms with Crippen molar-refractivity contribution in [3.05, 3.63) is 64.7 Å². The molecule has 1 aliphatic heterocycles. The van der Waals surface area contributed by atoms with Crippen molar-refractivity contribution in [3.63, 3.8) is 0 Å². The molecule has 28 heavy (non-hydrogen) atoms. The van der Waals surface area contributed by atoms with Gasteiger partial charge in [-0.3, -0.25) is 9.59 Å². The number of likely N-dealkylation sites (N-methyl/N-ethyl adjacent to an activating group) is 1. The number of hydrogen-bond donors (Lipinski definition) is 0. The summed E-state index contributed by atoms with van der Waals surface area (Å²) >= 11 is 0. The van der Waals surface area contributed by atoms with Crippen LogP contribution in [0.4, 0.5) is 5.69 Å². The molecule has 8 heteroatoms. The Hall–Kier alpha value is -3.00. The Morgan fingerprint density at radius 2 is 1.71 bits per heavy atom. The molecule has 1 heterocycles. The highest BCUT2D eigenvalue weighted by Gasteiger charge is 2.25. The Balaban J connectivity index is 1.61. The van der Waals surface area contributed by atoms with E-state index in [9.17, 15) is 22.8 Å². The second-order valence-corrected chi connectivity index (χ2v) is 8.88. The number of carbonyl (C=O) groups is 3. The van der Waals surface area contributed by atoms with Crippen LogP contribution in [0.15, 0.2) is 42.5 Å². The minimum atomic E-state index is -3.16. The van der Waals surface area contributed by atoms with Crippen molar-refractivity contribution in [2.45, 2.75) is 12.2 Å². The van der Waals surface area contributed by atoms with Crippen LogP contribution in [0.1, 0.15) is 31.8 Å². The quantitative estimate of drug-likeness (QED) is 0.541. The largest absolute Gasteiger partial charge is 0.454 e. The van der Waals surface area contributed by atoms with Crippen LogP contribution in [0.25, 0.3) is 0 Å². The lowest BCUT2D eigenvalue weighted by Crippen LogP contribution is -2.20. The fraction of sp³-hybridized carbons (Fsp3) is 0.250. The predicted molar refractivity (Wildman–Crippen MR) is 103 cm³/mol. The fourth-order valence-corrected chi connectivity index (χ4v) is 3.78. The summed E-state index contributed by atoms with van der Waals surface area (Å²) in [4.78, 5) is 37.7. The maximum absolute atomic E-state index is 12.3. The summed E-state index contributed by atoms with van der Waals surface area (Å²) in [6, 6.07) is 10.9. The molecule has 3 rings (SSSR count). The van der Waals surface area contributed by atoms with E-state index in [4.69, 9.17) is 4.74 Å². The number of esters is 1. The lowest BCUT2D eigenvalue weighted by molar-refractivity contribution is -0.117. The number of fused-ring (bicyclic) bond motifs is 1. The van der Waals surface area contributed by atoms with E-state index in [1.165, 1.54) is 29.2 Å². The maximum Gasteiger partial charge on any atom is 0.338 e. The maximum atomic E-state index is 12.3. The van der Waals surface area contributed by atoms with Crippen LogP contribution < -0.4 is 4.90 Å². The van der Waals surface area contributed by atoms with Crippen LogP contribution >= 0.6 is 0 Å². The monoisotopic (exact) mass is 401 g/mol. The van der Waals surface area contributed by atoms with Gasteiger partial charge >= 0.3 is 5.97 Å². The van der Waals surface area contributed by atoms with E-state index in [2.05, 4.69) is 0 Å². The summed E-state index contributed by atoms with van der Waals surface area (Å²) in [5.74, 6) is -1.19.